The molecule has 1 saturated heterocycles. The van der Waals surface area contributed by atoms with E-state index < -0.39 is 6.04 Å². The number of rotatable bonds is 5. The number of H-pyrrole nitrogens is 1. The Hall–Kier alpha value is -2.64. The van der Waals surface area contributed by atoms with E-state index in [2.05, 4.69) is 39.7 Å². The molecule has 8 heteroatoms. The van der Waals surface area contributed by atoms with Crippen molar-refractivity contribution in [3.8, 4) is 0 Å². The number of imidazole rings is 1. The van der Waals surface area contributed by atoms with E-state index in [9.17, 15) is 9.59 Å². The van der Waals surface area contributed by atoms with Crippen LogP contribution in [-0.2, 0) is 11.3 Å². The summed E-state index contributed by atoms with van der Waals surface area (Å²) in [6.45, 7) is 5.40. The number of hydrogen-bond donors (Lipinski definition) is 3. The largest absolute Gasteiger partial charge is 0.354 e. The average Bonchev–Trinajstić information content (AvgIpc) is 3.19. The first-order valence-electron chi connectivity index (χ1n) is 8.18. The van der Waals surface area contributed by atoms with E-state index in [0.717, 1.165) is 17.9 Å². The molecule has 1 aliphatic rings. The van der Waals surface area contributed by atoms with Crippen molar-refractivity contribution in [2.24, 2.45) is 0 Å². The minimum Gasteiger partial charge on any atom is -0.354 e. The lowest BCUT2D eigenvalue weighted by Gasteiger charge is -2.22. The van der Waals surface area contributed by atoms with Gasteiger partial charge in [-0.2, -0.15) is 5.10 Å². The lowest BCUT2D eigenvalue weighted by molar-refractivity contribution is -0.124. The van der Waals surface area contributed by atoms with Gasteiger partial charge in [-0.15, -0.1) is 0 Å². The van der Waals surface area contributed by atoms with Crippen molar-refractivity contribution in [1.29, 1.82) is 0 Å². The highest BCUT2D eigenvalue weighted by Gasteiger charge is 2.25. The van der Waals surface area contributed by atoms with Gasteiger partial charge in [-0.3, -0.25) is 14.7 Å². The van der Waals surface area contributed by atoms with Crippen LogP contribution in [0.15, 0.2) is 18.5 Å². The smallest absolute Gasteiger partial charge is 0.272 e. The summed E-state index contributed by atoms with van der Waals surface area (Å²) < 4.78 is 2.02. The molecule has 1 atom stereocenters. The second kappa shape index (κ2) is 6.86. The van der Waals surface area contributed by atoms with E-state index in [1.807, 2.05) is 10.8 Å². The number of aromatic amines is 1. The second-order valence-corrected chi connectivity index (χ2v) is 6.31. The van der Waals surface area contributed by atoms with Crippen molar-refractivity contribution in [1.82, 2.24) is 30.4 Å². The van der Waals surface area contributed by atoms with Gasteiger partial charge in [-0.05, 0) is 18.9 Å². The van der Waals surface area contributed by atoms with Gasteiger partial charge in [0.1, 0.15) is 17.6 Å². The van der Waals surface area contributed by atoms with Crippen LogP contribution in [0.25, 0.3) is 0 Å². The Labute approximate surface area is 140 Å². The van der Waals surface area contributed by atoms with Crippen LogP contribution in [0.3, 0.4) is 0 Å². The van der Waals surface area contributed by atoms with E-state index in [0.29, 0.717) is 25.4 Å². The molecule has 0 aromatic carbocycles. The number of nitrogens with zero attached hydrogens (tertiary/aromatic N) is 3. The summed E-state index contributed by atoms with van der Waals surface area (Å²) in [6, 6.07) is 1.23. The summed E-state index contributed by atoms with van der Waals surface area (Å²) in [4.78, 5) is 28.3. The standard InChI is InChI=1S/C16H22N6O2/c1-10(2)14-17-6-7-22(14)9-11-8-13(21-20-11)16(24)19-12-4-3-5-18-15(12)23/h6-8,10,12H,3-5,9H2,1-2H3,(H,18,23)(H,19,24)(H,20,21)/t12-/m0/s1. The maximum Gasteiger partial charge on any atom is 0.272 e. The van der Waals surface area contributed by atoms with E-state index >= 15 is 0 Å². The molecule has 3 rings (SSSR count). The Bertz CT molecular complexity index is 733. The first-order chi connectivity index (χ1) is 11.5. The van der Waals surface area contributed by atoms with Crippen molar-refractivity contribution in [2.45, 2.75) is 45.2 Å². The van der Waals surface area contributed by atoms with E-state index in [1.165, 1.54) is 0 Å². The summed E-state index contributed by atoms with van der Waals surface area (Å²) >= 11 is 0. The molecule has 0 spiro atoms. The number of carbonyl (C=O) groups excluding carboxylic acids is 2. The number of aromatic nitrogens is 4. The zero-order valence-corrected chi connectivity index (χ0v) is 13.9. The molecular formula is C16H22N6O2. The highest BCUT2D eigenvalue weighted by Crippen LogP contribution is 2.13. The Morgan fingerprint density at radius 2 is 2.33 bits per heavy atom. The van der Waals surface area contributed by atoms with Gasteiger partial charge in [0.25, 0.3) is 5.91 Å². The molecule has 2 amide bonds. The van der Waals surface area contributed by atoms with Crippen LogP contribution < -0.4 is 10.6 Å². The van der Waals surface area contributed by atoms with Gasteiger partial charge in [0.15, 0.2) is 0 Å². The van der Waals surface area contributed by atoms with Crippen LogP contribution in [0.1, 0.15) is 54.6 Å². The van der Waals surface area contributed by atoms with Crippen molar-refractivity contribution in [3.05, 3.63) is 35.7 Å². The Morgan fingerprint density at radius 3 is 3.08 bits per heavy atom. The van der Waals surface area contributed by atoms with Gasteiger partial charge in [-0.1, -0.05) is 13.8 Å². The molecule has 2 aromatic heterocycles. The molecule has 0 saturated carbocycles. The highest BCUT2D eigenvalue weighted by molar-refractivity contribution is 5.96. The number of amides is 2. The van der Waals surface area contributed by atoms with Crippen LogP contribution in [0.4, 0.5) is 0 Å². The van der Waals surface area contributed by atoms with Crippen molar-refractivity contribution in [2.75, 3.05) is 6.54 Å². The maximum absolute atomic E-state index is 12.3. The molecule has 0 radical (unpaired) electrons. The van der Waals surface area contributed by atoms with Crippen LogP contribution >= 0.6 is 0 Å². The lowest BCUT2D eigenvalue weighted by Crippen LogP contribution is -2.50. The SMILES string of the molecule is CC(C)c1nccn1Cc1cc(C(=O)N[C@H]2CCCNC2=O)n[nH]1. The van der Waals surface area contributed by atoms with Crippen LogP contribution in [-0.4, -0.2) is 44.1 Å². The monoisotopic (exact) mass is 330 g/mol. The van der Waals surface area contributed by atoms with E-state index in [-0.39, 0.29) is 17.5 Å². The molecular weight excluding hydrogens is 308 g/mol. The molecule has 128 valence electrons. The molecule has 1 aliphatic heterocycles. The van der Waals surface area contributed by atoms with Gasteiger partial charge in [0, 0.05) is 24.9 Å². The van der Waals surface area contributed by atoms with E-state index in [1.54, 1.807) is 12.3 Å². The Kier molecular flexibility index (Phi) is 4.64. The fourth-order valence-electron chi connectivity index (χ4n) is 2.84. The fraction of sp³-hybridized carbons (Fsp3) is 0.500. The Balaban J connectivity index is 1.65. The zero-order chi connectivity index (χ0) is 17.1. The number of nitrogens with one attached hydrogen (secondary N) is 3. The normalized spacial score (nSPS) is 17.8. The third-order valence-electron chi connectivity index (χ3n) is 4.06. The van der Waals surface area contributed by atoms with E-state index in [4.69, 9.17) is 0 Å². The van der Waals surface area contributed by atoms with Crippen LogP contribution in [0.5, 0.6) is 0 Å². The lowest BCUT2D eigenvalue weighted by atomic mass is 10.1. The van der Waals surface area contributed by atoms with Crippen molar-refractivity contribution in [3.63, 3.8) is 0 Å². The molecule has 8 nitrogen and oxygen atoms in total. The molecule has 0 unspecified atom stereocenters. The van der Waals surface area contributed by atoms with Gasteiger partial charge < -0.3 is 15.2 Å². The molecule has 3 N–H and O–H groups in total. The topological polar surface area (TPSA) is 105 Å². The first kappa shape index (κ1) is 16.2. The predicted octanol–water partition coefficient (Wildman–Crippen LogP) is 0.786. The summed E-state index contributed by atoms with van der Waals surface area (Å²) in [7, 11) is 0. The quantitative estimate of drug-likeness (QED) is 0.753. The maximum atomic E-state index is 12.3. The minimum atomic E-state index is -0.479. The third-order valence-corrected chi connectivity index (χ3v) is 4.06. The van der Waals surface area contributed by atoms with Crippen molar-refractivity contribution < 1.29 is 9.59 Å². The molecule has 0 aliphatic carbocycles. The van der Waals surface area contributed by atoms with Gasteiger partial charge >= 0.3 is 0 Å². The molecule has 24 heavy (non-hydrogen) atoms. The number of carbonyl (C=O) groups is 2. The number of hydrogen-bond acceptors (Lipinski definition) is 4. The first-order valence-corrected chi connectivity index (χ1v) is 8.18. The highest BCUT2D eigenvalue weighted by atomic mass is 16.2. The molecule has 3 heterocycles. The minimum absolute atomic E-state index is 0.134. The van der Waals surface area contributed by atoms with Gasteiger partial charge in [0.2, 0.25) is 5.91 Å². The summed E-state index contributed by atoms with van der Waals surface area (Å²) in [6.07, 6.45) is 5.19. The molecule has 0 bridgehead atoms. The van der Waals surface area contributed by atoms with Gasteiger partial charge in [0.05, 0.1) is 12.2 Å². The Morgan fingerprint density at radius 1 is 1.50 bits per heavy atom. The molecule has 2 aromatic rings. The third kappa shape index (κ3) is 3.47. The predicted molar refractivity (Wildman–Crippen MR) is 87.5 cm³/mol. The average molecular weight is 330 g/mol. The fourth-order valence-corrected chi connectivity index (χ4v) is 2.84. The second-order valence-electron chi connectivity index (χ2n) is 6.31. The molecule has 1 fully saturated rings. The zero-order valence-electron chi connectivity index (χ0n) is 13.9. The summed E-state index contributed by atoms with van der Waals surface area (Å²) in [5.41, 5.74) is 1.10. The summed E-state index contributed by atoms with van der Waals surface area (Å²) in [5.74, 6) is 0.824. The van der Waals surface area contributed by atoms with Crippen molar-refractivity contribution >= 4 is 11.8 Å². The van der Waals surface area contributed by atoms with Gasteiger partial charge in [-0.25, -0.2) is 4.98 Å². The van der Waals surface area contributed by atoms with Crippen LogP contribution in [0, 0.1) is 0 Å². The summed E-state index contributed by atoms with van der Waals surface area (Å²) in [5, 5.41) is 12.4. The van der Waals surface area contributed by atoms with Crippen LogP contribution in [0.2, 0.25) is 0 Å². The number of piperidine rings is 1.